The average Bonchev–Trinajstić information content (AvgIpc) is 2.27. The molecule has 0 heterocycles. The molecule has 82 valence electrons. The molecule has 0 atom stereocenters. The number of carbonyl (C=O) groups excluding carboxylic acids is 1. The number of esters is 1. The number of rotatable bonds is 4. The molecule has 1 aromatic carbocycles. The van der Waals surface area contributed by atoms with E-state index in [2.05, 4.69) is 4.74 Å². The fraction of sp³-hybridized carbons (Fsp3) is 0.364. The van der Waals surface area contributed by atoms with Crippen LogP contribution in [0.4, 0.5) is 0 Å². The quantitative estimate of drug-likeness (QED) is 0.561. The van der Waals surface area contributed by atoms with Crippen molar-refractivity contribution in [2.75, 3.05) is 21.0 Å². The maximum atomic E-state index is 11.2. The molecule has 0 bridgehead atoms. The molecule has 0 saturated carbocycles. The third-order valence-corrected chi connectivity index (χ3v) is 1.94. The summed E-state index contributed by atoms with van der Waals surface area (Å²) in [5.74, 6) is 0.247. The van der Waals surface area contributed by atoms with Gasteiger partial charge in [-0.3, -0.25) is 0 Å². The molecule has 0 radical (unpaired) electrons. The monoisotopic (exact) mass is 210 g/mol. The van der Waals surface area contributed by atoms with Gasteiger partial charge in [-0.15, -0.1) is 0 Å². The van der Waals surface area contributed by atoms with Gasteiger partial charge >= 0.3 is 5.97 Å². The third kappa shape index (κ3) is 2.95. The number of hydrogen-bond donors (Lipinski definition) is 0. The lowest BCUT2D eigenvalue weighted by molar-refractivity contribution is 0.0499. The van der Waals surface area contributed by atoms with Gasteiger partial charge in [-0.2, -0.15) is 0 Å². The fourth-order valence-electron chi connectivity index (χ4n) is 1.12. The van der Waals surface area contributed by atoms with Crippen molar-refractivity contribution < 1.29 is 19.0 Å². The number of ether oxygens (including phenoxy) is 3. The van der Waals surface area contributed by atoms with Crippen molar-refractivity contribution in [1.29, 1.82) is 0 Å². The molecule has 0 spiro atoms. The van der Waals surface area contributed by atoms with Gasteiger partial charge in [0.15, 0.2) is 6.79 Å². The van der Waals surface area contributed by atoms with Gasteiger partial charge in [-0.05, 0) is 24.6 Å². The van der Waals surface area contributed by atoms with Crippen LogP contribution in [0.2, 0.25) is 0 Å². The van der Waals surface area contributed by atoms with Gasteiger partial charge in [0.2, 0.25) is 0 Å². The molecular formula is C11H14O4. The first-order valence-electron chi connectivity index (χ1n) is 4.49. The van der Waals surface area contributed by atoms with Crippen LogP contribution in [0.25, 0.3) is 0 Å². The van der Waals surface area contributed by atoms with Crippen LogP contribution in [0.5, 0.6) is 5.75 Å². The van der Waals surface area contributed by atoms with Gasteiger partial charge in [0.1, 0.15) is 5.75 Å². The highest BCUT2D eigenvalue weighted by atomic mass is 16.7. The Balaban J connectivity index is 2.89. The van der Waals surface area contributed by atoms with E-state index in [1.54, 1.807) is 25.3 Å². The van der Waals surface area contributed by atoms with E-state index in [4.69, 9.17) is 9.47 Å². The molecule has 15 heavy (non-hydrogen) atoms. The summed E-state index contributed by atoms with van der Waals surface area (Å²) in [6.07, 6.45) is 0. The average molecular weight is 210 g/mol. The highest BCUT2D eigenvalue weighted by Crippen LogP contribution is 2.19. The van der Waals surface area contributed by atoms with Crippen molar-refractivity contribution in [1.82, 2.24) is 0 Å². The molecule has 0 aliphatic carbocycles. The maximum Gasteiger partial charge on any atom is 0.337 e. The maximum absolute atomic E-state index is 11.2. The molecule has 0 amide bonds. The lowest BCUT2D eigenvalue weighted by Gasteiger charge is -2.09. The molecule has 0 unspecified atom stereocenters. The van der Waals surface area contributed by atoms with Crippen molar-refractivity contribution in [2.24, 2.45) is 0 Å². The summed E-state index contributed by atoms with van der Waals surface area (Å²) in [6, 6.07) is 5.14. The van der Waals surface area contributed by atoms with Crippen LogP contribution in [0.3, 0.4) is 0 Å². The van der Waals surface area contributed by atoms with E-state index in [0.717, 1.165) is 5.56 Å². The Morgan fingerprint density at radius 3 is 2.67 bits per heavy atom. The smallest absolute Gasteiger partial charge is 0.337 e. The highest BCUT2D eigenvalue weighted by molar-refractivity contribution is 5.89. The normalized spacial score (nSPS) is 9.80. The molecule has 1 aromatic rings. The predicted molar refractivity (Wildman–Crippen MR) is 55.0 cm³/mol. The van der Waals surface area contributed by atoms with E-state index >= 15 is 0 Å². The zero-order chi connectivity index (χ0) is 11.3. The number of aryl methyl sites for hydroxylation is 1. The number of methoxy groups -OCH3 is 2. The Hall–Kier alpha value is -1.55. The summed E-state index contributed by atoms with van der Waals surface area (Å²) in [4.78, 5) is 11.2. The Bertz CT molecular complexity index is 346. The van der Waals surface area contributed by atoms with Crippen molar-refractivity contribution in [3.63, 3.8) is 0 Å². The van der Waals surface area contributed by atoms with E-state index < -0.39 is 0 Å². The van der Waals surface area contributed by atoms with Crippen LogP contribution in [0, 0.1) is 6.92 Å². The SMILES string of the molecule is COCOc1cc(C(=O)OC)ccc1C. The standard InChI is InChI=1S/C11H14O4/c1-8-4-5-9(11(12)14-3)6-10(8)15-7-13-2/h4-6H,7H2,1-3H3. The molecule has 0 N–H and O–H groups in total. The predicted octanol–water partition coefficient (Wildman–Crippen LogP) is 1.76. The van der Waals surface area contributed by atoms with E-state index in [1.165, 1.54) is 7.11 Å². The molecule has 0 saturated heterocycles. The molecule has 0 fully saturated rings. The summed E-state index contributed by atoms with van der Waals surface area (Å²) in [5.41, 5.74) is 1.41. The summed E-state index contributed by atoms with van der Waals surface area (Å²) < 4.78 is 14.7. The van der Waals surface area contributed by atoms with Crippen LogP contribution < -0.4 is 4.74 Å². The lowest BCUT2D eigenvalue weighted by Crippen LogP contribution is -2.04. The second-order valence-electron chi connectivity index (χ2n) is 3.02. The van der Waals surface area contributed by atoms with Crippen LogP contribution in [-0.4, -0.2) is 27.0 Å². The first-order valence-corrected chi connectivity index (χ1v) is 4.49. The van der Waals surface area contributed by atoms with Gasteiger partial charge in [0.05, 0.1) is 12.7 Å². The molecule has 0 aromatic heterocycles. The minimum absolute atomic E-state index is 0.158. The second-order valence-corrected chi connectivity index (χ2v) is 3.02. The Morgan fingerprint density at radius 2 is 2.07 bits per heavy atom. The Kier molecular flexibility index (Phi) is 4.12. The number of benzene rings is 1. The van der Waals surface area contributed by atoms with E-state index in [1.807, 2.05) is 6.92 Å². The van der Waals surface area contributed by atoms with Crippen molar-refractivity contribution in [3.05, 3.63) is 29.3 Å². The first-order chi connectivity index (χ1) is 7.19. The van der Waals surface area contributed by atoms with Gasteiger partial charge < -0.3 is 14.2 Å². The first kappa shape index (κ1) is 11.5. The summed E-state index contributed by atoms with van der Waals surface area (Å²) in [7, 11) is 2.89. The highest BCUT2D eigenvalue weighted by Gasteiger charge is 2.08. The topological polar surface area (TPSA) is 44.8 Å². The van der Waals surface area contributed by atoms with Crippen LogP contribution >= 0.6 is 0 Å². The molecule has 0 aliphatic rings. The third-order valence-electron chi connectivity index (χ3n) is 1.94. The lowest BCUT2D eigenvalue weighted by atomic mass is 10.1. The molecule has 4 heteroatoms. The van der Waals surface area contributed by atoms with Crippen molar-refractivity contribution >= 4 is 5.97 Å². The fourth-order valence-corrected chi connectivity index (χ4v) is 1.12. The Labute approximate surface area is 88.8 Å². The minimum Gasteiger partial charge on any atom is -0.467 e. The number of hydrogen-bond acceptors (Lipinski definition) is 4. The number of carbonyl (C=O) groups is 1. The van der Waals surface area contributed by atoms with Crippen LogP contribution in [-0.2, 0) is 9.47 Å². The van der Waals surface area contributed by atoms with Gasteiger partial charge in [-0.25, -0.2) is 4.79 Å². The largest absolute Gasteiger partial charge is 0.467 e. The van der Waals surface area contributed by atoms with E-state index in [-0.39, 0.29) is 12.8 Å². The van der Waals surface area contributed by atoms with E-state index in [0.29, 0.717) is 11.3 Å². The zero-order valence-corrected chi connectivity index (χ0v) is 9.07. The van der Waals surface area contributed by atoms with Crippen molar-refractivity contribution in [2.45, 2.75) is 6.92 Å². The summed E-state index contributed by atoms with van der Waals surface area (Å²) >= 11 is 0. The Morgan fingerprint density at radius 1 is 1.33 bits per heavy atom. The molecule has 0 aliphatic heterocycles. The van der Waals surface area contributed by atoms with Crippen molar-refractivity contribution in [3.8, 4) is 5.75 Å². The molecule has 4 nitrogen and oxygen atoms in total. The van der Waals surface area contributed by atoms with Crippen LogP contribution in [0.15, 0.2) is 18.2 Å². The molecular weight excluding hydrogens is 196 g/mol. The van der Waals surface area contributed by atoms with Gasteiger partial charge in [0.25, 0.3) is 0 Å². The van der Waals surface area contributed by atoms with Gasteiger partial charge in [-0.1, -0.05) is 6.07 Å². The van der Waals surface area contributed by atoms with E-state index in [9.17, 15) is 4.79 Å². The second kappa shape index (κ2) is 5.36. The molecule has 1 rings (SSSR count). The summed E-state index contributed by atoms with van der Waals surface area (Å²) in [6.45, 7) is 2.05. The zero-order valence-electron chi connectivity index (χ0n) is 9.07. The van der Waals surface area contributed by atoms with Gasteiger partial charge in [0, 0.05) is 7.11 Å². The summed E-state index contributed by atoms with van der Waals surface area (Å²) in [5, 5.41) is 0. The minimum atomic E-state index is -0.378. The van der Waals surface area contributed by atoms with Crippen LogP contribution in [0.1, 0.15) is 15.9 Å².